The molecule has 122 valence electrons. The highest BCUT2D eigenvalue weighted by atomic mass is 32.2. The van der Waals surface area contributed by atoms with Gasteiger partial charge in [-0.2, -0.15) is 0 Å². The van der Waals surface area contributed by atoms with Gasteiger partial charge in [0.1, 0.15) is 11.5 Å². The lowest BCUT2D eigenvalue weighted by atomic mass is 10.0. The third-order valence-corrected chi connectivity index (χ3v) is 4.89. The zero-order valence-electron chi connectivity index (χ0n) is 13.3. The highest BCUT2D eigenvalue weighted by Gasteiger charge is 2.22. The minimum Gasteiger partial charge on any atom is -0.496 e. The van der Waals surface area contributed by atoms with Crippen molar-refractivity contribution in [2.75, 3.05) is 7.11 Å². The number of hydrogen-bond donors (Lipinski definition) is 0. The molecule has 3 aromatic rings. The standard InChI is InChI=1S/C20H18O3S/c1-22-18-11-6-5-10-16(18)17(21)14-20(19-12-7-13-23-19)24-15-8-3-2-4-9-15/h2-13,20H,14H2,1H3. The predicted molar refractivity (Wildman–Crippen MR) is 95.7 cm³/mol. The molecule has 1 aromatic heterocycles. The van der Waals surface area contributed by atoms with E-state index in [1.54, 1.807) is 37.3 Å². The number of rotatable bonds is 7. The summed E-state index contributed by atoms with van der Waals surface area (Å²) in [6.45, 7) is 0. The second-order valence-electron chi connectivity index (χ2n) is 5.26. The van der Waals surface area contributed by atoms with Crippen LogP contribution in [0.1, 0.15) is 27.8 Å². The number of furan rings is 1. The molecule has 0 amide bonds. The van der Waals surface area contributed by atoms with Crippen molar-refractivity contribution in [3.8, 4) is 5.75 Å². The van der Waals surface area contributed by atoms with Gasteiger partial charge in [0.2, 0.25) is 0 Å². The minimum atomic E-state index is -0.0835. The van der Waals surface area contributed by atoms with Gasteiger partial charge in [0.15, 0.2) is 5.78 Å². The first-order valence-corrected chi connectivity index (χ1v) is 8.57. The number of methoxy groups -OCH3 is 1. The van der Waals surface area contributed by atoms with Gasteiger partial charge in [0.25, 0.3) is 0 Å². The monoisotopic (exact) mass is 338 g/mol. The summed E-state index contributed by atoms with van der Waals surface area (Å²) >= 11 is 1.63. The molecule has 0 N–H and O–H groups in total. The molecule has 24 heavy (non-hydrogen) atoms. The van der Waals surface area contributed by atoms with Gasteiger partial charge in [-0.1, -0.05) is 30.3 Å². The zero-order valence-corrected chi connectivity index (χ0v) is 14.2. The maximum Gasteiger partial charge on any atom is 0.168 e. The number of para-hydroxylation sites is 1. The van der Waals surface area contributed by atoms with Crippen LogP contribution in [0.15, 0.2) is 82.3 Å². The lowest BCUT2D eigenvalue weighted by Gasteiger charge is -2.15. The van der Waals surface area contributed by atoms with Crippen LogP contribution in [0.4, 0.5) is 0 Å². The molecule has 0 saturated heterocycles. The highest BCUT2D eigenvalue weighted by Crippen LogP contribution is 2.39. The molecule has 0 aliphatic rings. The fourth-order valence-electron chi connectivity index (χ4n) is 2.49. The largest absolute Gasteiger partial charge is 0.496 e. The van der Waals surface area contributed by atoms with Crippen molar-refractivity contribution in [1.29, 1.82) is 0 Å². The average Bonchev–Trinajstić information content (AvgIpc) is 3.16. The molecule has 2 aromatic carbocycles. The zero-order chi connectivity index (χ0) is 16.8. The van der Waals surface area contributed by atoms with E-state index in [9.17, 15) is 4.79 Å². The van der Waals surface area contributed by atoms with E-state index in [0.717, 1.165) is 10.7 Å². The topological polar surface area (TPSA) is 39.4 Å². The van der Waals surface area contributed by atoms with Crippen molar-refractivity contribution in [3.63, 3.8) is 0 Å². The Morgan fingerprint density at radius 3 is 2.50 bits per heavy atom. The van der Waals surface area contributed by atoms with Crippen molar-refractivity contribution in [2.45, 2.75) is 16.6 Å². The summed E-state index contributed by atoms with van der Waals surface area (Å²) < 4.78 is 10.9. The van der Waals surface area contributed by atoms with Crippen molar-refractivity contribution in [1.82, 2.24) is 0 Å². The molecule has 4 heteroatoms. The quantitative estimate of drug-likeness (QED) is 0.427. The number of benzene rings is 2. The Kier molecular flexibility index (Phi) is 5.39. The molecule has 0 radical (unpaired) electrons. The minimum absolute atomic E-state index is 0.0391. The van der Waals surface area contributed by atoms with E-state index in [-0.39, 0.29) is 11.0 Å². The van der Waals surface area contributed by atoms with Gasteiger partial charge >= 0.3 is 0 Å². The van der Waals surface area contributed by atoms with Crippen LogP contribution in [-0.4, -0.2) is 12.9 Å². The molecule has 1 atom stereocenters. The Hall–Kier alpha value is -2.46. The van der Waals surface area contributed by atoms with Crippen molar-refractivity contribution < 1.29 is 13.9 Å². The van der Waals surface area contributed by atoms with Crippen LogP contribution in [0, 0.1) is 0 Å². The lowest BCUT2D eigenvalue weighted by Crippen LogP contribution is -2.06. The van der Waals surface area contributed by atoms with Crippen LogP contribution in [-0.2, 0) is 0 Å². The number of carbonyl (C=O) groups is 1. The smallest absolute Gasteiger partial charge is 0.168 e. The van der Waals surface area contributed by atoms with Gasteiger partial charge in [-0.25, -0.2) is 0 Å². The Morgan fingerprint density at radius 2 is 1.79 bits per heavy atom. The van der Waals surface area contributed by atoms with Gasteiger partial charge in [-0.15, -0.1) is 11.8 Å². The van der Waals surface area contributed by atoms with Crippen LogP contribution < -0.4 is 4.74 Å². The Bertz CT molecular complexity index is 782. The molecule has 0 aliphatic heterocycles. The number of ether oxygens (including phenoxy) is 1. The van der Waals surface area contributed by atoms with Crippen molar-refractivity contribution in [3.05, 3.63) is 84.3 Å². The summed E-state index contributed by atoms with van der Waals surface area (Å²) in [5.41, 5.74) is 0.602. The second kappa shape index (κ2) is 7.88. The van der Waals surface area contributed by atoms with Gasteiger partial charge in [0.05, 0.1) is 24.2 Å². The lowest BCUT2D eigenvalue weighted by molar-refractivity contribution is 0.0977. The fourth-order valence-corrected chi connectivity index (χ4v) is 3.62. The first kappa shape index (κ1) is 16.4. The Balaban J connectivity index is 1.83. The van der Waals surface area contributed by atoms with Gasteiger partial charge in [-0.3, -0.25) is 4.79 Å². The van der Waals surface area contributed by atoms with Crippen LogP contribution in [0.2, 0.25) is 0 Å². The Labute approximate surface area is 145 Å². The summed E-state index contributed by atoms with van der Waals surface area (Å²) in [5.74, 6) is 1.44. The molecule has 0 saturated carbocycles. The van der Waals surface area contributed by atoms with Crippen molar-refractivity contribution >= 4 is 17.5 Å². The van der Waals surface area contributed by atoms with Gasteiger partial charge in [0, 0.05) is 11.3 Å². The fraction of sp³-hybridized carbons (Fsp3) is 0.150. The highest BCUT2D eigenvalue weighted by molar-refractivity contribution is 7.99. The van der Waals surface area contributed by atoms with E-state index in [0.29, 0.717) is 17.7 Å². The maximum atomic E-state index is 12.8. The number of ketones is 1. The summed E-state index contributed by atoms with van der Waals surface area (Å²) in [6.07, 6.45) is 1.98. The normalized spacial score (nSPS) is 11.9. The van der Waals surface area contributed by atoms with E-state index in [1.807, 2.05) is 54.6 Å². The molecular weight excluding hydrogens is 320 g/mol. The molecule has 1 unspecified atom stereocenters. The second-order valence-corrected chi connectivity index (χ2v) is 6.54. The van der Waals surface area contributed by atoms with Gasteiger partial charge < -0.3 is 9.15 Å². The van der Waals surface area contributed by atoms with E-state index in [2.05, 4.69) is 0 Å². The van der Waals surface area contributed by atoms with E-state index in [4.69, 9.17) is 9.15 Å². The third kappa shape index (κ3) is 3.89. The van der Waals surface area contributed by atoms with Crippen LogP contribution in [0.5, 0.6) is 5.75 Å². The number of hydrogen-bond acceptors (Lipinski definition) is 4. The van der Waals surface area contributed by atoms with Crippen LogP contribution in [0.25, 0.3) is 0 Å². The van der Waals surface area contributed by atoms with Gasteiger partial charge in [-0.05, 0) is 36.4 Å². The first-order valence-electron chi connectivity index (χ1n) is 7.69. The molecule has 0 bridgehead atoms. The molecular formula is C20H18O3S. The van der Waals surface area contributed by atoms with Crippen molar-refractivity contribution in [2.24, 2.45) is 0 Å². The van der Waals surface area contributed by atoms with E-state index in [1.165, 1.54) is 0 Å². The summed E-state index contributed by atoms with van der Waals surface area (Å²) in [5, 5.41) is -0.0835. The molecule has 0 aliphatic carbocycles. The molecule has 3 rings (SSSR count). The summed E-state index contributed by atoms with van der Waals surface area (Å²) in [4.78, 5) is 13.9. The third-order valence-electron chi connectivity index (χ3n) is 3.66. The summed E-state index contributed by atoms with van der Waals surface area (Å²) in [7, 11) is 1.58. The summed E-state index contributed by atoms with van der Waals surface area (Å²) in [6, 6.07) is 21.1. The predicted octanol–water partition coefficient (Wildman–Crippen LogP) is 5.39. The number of Topliss-reactive ketones (excluding diaryl/α,β-unsaturated/α-hetero) is 1. The average molecular weight is 338 g/mol. The molecule has 0 spiro atoms. The number of thioether (sulfide) groups is 1. The maximum absolute atomic E-state index is 12.8. The van der Waals surface area contributed by atoms with Crippen LogP contribution in [0.3, 0.4) is 0 Å². The molecule has 3 nitrogen and oxygen atoms in total. The SMILES string of the molecule is COc1ccccc1C(=O)CC(Sc1ccccc1)c1ccco1. The van der Waals surface area contributed by atoms with E-state index >= 15 is 0 Å². The Morgan fingerprint density at radius 1 is 1.04 bits per heavy atom. The van der Waals surface area contributed by atoms with E-state index < -0.39 is 0 Å². The first-order chi connectivity index (χ1) is 11.8. The molecule has 1 heterocycles. The number of carbonyl (C=O) groups excluding carboxylic acids is 1. The molecule has 0 fully saturated rings. The van der Waals surface area contributed by atoms with Crippen LogP contribution >= 0.6 is 11.8 Å².